The Hall–Kier alpha value is -5.22. The maximum Gasteiger partial charge on any atom is 0.338 e. The van der Waals surface area contributed by atoms with E-state index < -0.39 is 83.0 Å². The van der Waals surface area contributed by atoms with Crippen LogP contribution in [0, 0.1) is 0 Å². The summed E-state index contributed by atoms with van der Waals surface area (Å²) in [6.07, 6.45) is -8.30. The van der Waals surface area contributed by atoms with E-state index in [1.54, 1.807) is 0 Å². The van der Waals surface area contributed by atoms with E-state index >= 15 is 0 Å². The number of esters is 1. The van der Waals surface area contributed by atoms with Crippen molar-refractivity contribution >= 4 is 16.9 Å². The van der Waals surface area contributed by atoms with Gasteiger partial charge in [0.1, 0.15) is 53.8 Å². The number of rotatable bonds is 6. The number of hydrogen-bond donors (Lipinski definition) is 9. The van der Waals surface area contributed by atoms with Gasteiger partial charge >= 0.3 is 5.97 Å². The van der Waals surface area contributed by atoms with Crippen molar-refractivity contribution in [3.63, 3.8) is 0 Å². The highest BCUT2D eigenvalue weighted by molar-refractivity contribution is 5.91. The van der Waals surface area contributed by atoms with E-state index in [2.05, 4.69) is 0 Å². The van der Waals surface area contributed by atoms with Crippen LogP contribution in [0.4, 0.5) is 0 Å². The smallest absolute Gasteiger partial charge is 0.338 e. The molecule has 1 aliphatic rings. The summed E-state index contributed by atoms with van der Waals surface area (Å²) in [6, 6.07) is 7.54. The fourth-order valence-electron chi connectivity index (χ4n) is 4.83. The van der Waals surface area contributed by atoms with Crippen LogP contribution in [-0.4, -0.2) is 90.1 Å². The Bertz CT molecular complexity index is 1790. The van der Waals surface area contributed by atoms with Gasteiger partial charge in [-0.15, -0.1) is 0 Å². The van der Waals surface area contributed by atoms with E-state index in [1.165, 1.54) is 19.2 Å². The molecule has 1 aliphatic heterocycles. The number of aliphatic hydroxyl groups is 3. The largest absolute Gasteiger partial charge is 0.507 e. The van der Waals surface area contributed by atoms with Crippen LogP contribution < -0.4 is 10.2 Å². The molecule has 15 nitrogen and oxygen atoms in total. The fourth-order valence-corrected chi connectivity index (χ4v) is 4.83. The third-order valence-corrected chi connectivity index (χ3v) is 7.12. The number of methoxy groups -OCH3 is 1. The lowest BCUT2D eigenvalue weighted by Crippen LogP contribution is -2.55. The van der Waals surface area contributed by atoms with Gasteiger partial charge in [0, 0.05) is 5.56 Å². The van der Waals surface area contributed by atoms with Crippen molar-refractivity contribution in [2.45, 2.75) is 30.5 Å². The molecule has 0 radical (unpaired) electrons. The number of fused-ring (bicyclic) bond motifs is 1. The number of hydrogen-bond acceptors (Lipinski definition) is 15. The Morgan fingerprint density at radius 2 is 1.50 bits per heavy atom. The Morgan fingerprint density at radius 1 is 0.818 bits per heavy atom. The van der Waals surface area contributed by atoms with Gasteiger partial charge in [-0.2, -0.15) is 0 Å². The second-order valence-corrected chi connectivity index (χ2v) is 9.94. The summed E-state index contributed by atoms with van der Waals surface area (Å²) in [4.78, 5) is 25.7. The minimum Gasteiger partial charge on any atom is -0.507 e. The molecule has 3 aromatic carbocycles. The average Bonchev–Trinajstić information content (AvgIpc) is 2.98. The molecule has 1 saturated heterocycles. The number of carbonyl (C=O) groups is 1. The Kier molecular flexibility index (Phi) is 7.88. The third-order valence-electron chi connectivity index (χ3n) is 7.12. The quantitative estimate of drug-likeness (QED) is 0.109. The van der Waals surface area contributed by atoms with Crippen LogP contribution in [0.2, 0.25) is 0 Å². The first kappa shape index (κ1) is 30.2. The topological polar surface area (TPSA) is 257 Å². The Labute approximate surface area is 246 Å². The second kappa shape index (κ2) is 11.5. The molecule has 9 N–H and O–H groups in total. The Balaban J connectivity index is 1.48. The molecule has 5 atom stereocenters. The van der Waals surface area contributed by atoms with Gasteiger partial charge in [0.05, 0.1) is 12.7 Å². The number of benzene rings is 3. The molecular weight excluding hydrogens is 588 g/mol. The van der Waals surface area contributed by atoms with E-state index in [0.717, 1.165) is 30.3 Å². The zero-order chi connectivity index (χ0) is 32.0. The Morgan fingerprint density at radius 3 is 2.14 bits per heavy atom. The minimum absolute atomic E-state index is 0.0222. The summed E-state index contributed by atoms with van der Waals surface area (Å²) in [5.74, 6) is -5.60. The lowest BCUT2D eigenvalue weighted by Gasteiger charge is -2.40. The molecule has 2 heterocycles. The number of phenolic OH excluding ortho intramolecular Hbond substituents is 6. The first-order valence-electron chi connectivity index (χ1n) is 12.8. The third kappa shape index (κ3) is 5.24. The zero-order valence-corrected chi connectivity index (χ0v) is 22.6. The van der Waals surface area contributed by atoms with Crippen LogP contribution in [0.3, 0.4) is 0 Å². The number of aliphatic hydroxyl groups excluding tert-OH is 3. The lowest BCUT2D eigenvalue weighted by atomic mass is 9.90. The van der Waals surface area contributed by atoms with Gasteiger partial charge < -0.3 is 64.6 Å². The highest BCUT2D eigenvalue weighted by atomic mass is 16.6. The van der Waals surface area contributed by atoms with Gasteiger partial charge in [-0.25, -0.2) is 4.79 Å². The van der Waals surface area contributed by atoms with E-state index in [0.29, 0.717) is 0 Å². The van der Waals surface area contributed by atoms with Crippen LogP contribution >= 0.6 is 0 Å². The van der Waals surface area contributed by atoms with Crippen molar-refractivity contribution in [2.75, 3.05) is 13.7 Å². The molecule has 44 heavy (non-hydrogen) atoms. The van der Waals surface area contributed by atoms with Crippen LogP contribution in [-0.2, 0) is 9.47 Å². The van der Waals surface area contributed by atoms with Crippen molar-refractivity contribution in [1.82, 2.24) is 0 Å². The summed E-state index contributed by atoms with van der Waals surface area (Å²) in [7, 11) is 1.19. The molecular formula is C29H26O15. The first-order chi connectivity index (χ1) is 20.8. The van der Waals surface area contributed by atoms with Crippen LogP contribution in [0.5, 0.6) is 40.2 Å². The summed E-state index contributed by atoms with van der Waals surface area (Å²) in [5, 5.41) is 90.7. The number of phenols is 6. The van der Waals surface area contributed by atoms with Crippen molar-refractivity contribution in [3.05, 3.63) is 63.8 Å². The molecule has 4 aromatic rings. The molecule has 1 aromatic heterocycles. The van der Waals surface area contributed by atoms with Gasteiger partial charge in [-0.1, -0.05) is 0 Å². The molecule has 5 rings (SSSR count). The molecule has 0 bridgehead atoms. The first-order valence-corrected chi connectivity index (χ1v) is 12.8. The van der Waals surface area contributed by atoms with E-state index in [9.17, 15) is 55.5 Å². The molecule has 232 valence electrons. The maximum absolute atomic E-state index is 13.2. The second-order valence-electron chi connectivity index (χ2n) is 9.94. The highest BCUT2D eigenvalue weighted by Gasteiger charge is 2.45. The predicted molar refractivity (Wildman–Crippen MR) is 147 cm³/mol. The highest BCUT2D eigenvalue weighted by Crippen LogP contribution is 2.41. The van der Waals surface area contributed by atoms with E-state index in [-0.39, 0.29) is 39.2 Å². The molecule has 5 unspecified atom stereocenters. The summed E-state index contributed by atoms with van der Waals surface area (Å²) in [6.45, 7) is -0.691. The SMILES string of the molecule is COc1c(-c2ccc(O)c(O)c2)oc2cc(C3OC(COC(=O)c4cc(O)c(O)c(O)c4)C(O)C(O)C3O)cc(O)c2c1=O. The maximum atomic E-state index is 13.2. The zero-order valence-electron chi connectivity index (χ0n) is 22.6. The summed E-state index contributed by atoms with van der Waals surface area (Å²) < 4.78 is 21.9. The molecule has 1 fully saturated rings. The van der Waals surface area contributed by atoms with Crippen molar-refractivity contribution in [3.8, 4) is 51.6 Å². The molecule has 0 amide bonds. The number of aromatic hydroxyl groups is 6. The van der Waals surface area contributed by atoms with Crippen LogP contribution in [0.25, 0.3) is 22.3 Å². The van der Waals surface area contributed by atoms with E-state index in [4.69, 9.17) is 18.6 Å². The van der Waals surface area contributed by atoms with Crippen LogP contribution in [0.1, 0.15) is 22.0 Å². The molecule has 0 saturated carbocycles. The minimum atomic E-state index is -1.84. The van der Waals surface area contributed by atoms with E-state index in [1.807, 2.05) is 0 Å². The summed E-state index contributed by atoms with van der Waals surface area (Å²) >= 11 is 0. The van der Waals surface area contributed by atoms with Crippen molar-refractivity contribution in [2.24, 2.45) is 0 Å². The van der Waals surface area contributed by atoms with Gasteiger partial charge in [-0.3, -0.25) is 4.79 Å². The molecule has 15 heteroatoms. The average molecular weight is 615 g/mol. The molecule has 0 spiro atoms. The number of ether oxygens (including phenoxy) is 3. The molecule has 0 aliphatic carbocycles. The van der Waals surface area contributed by atoms with Gasteiger partial charge in [0.15, 0.2) is 34.5 Å². The lowest BCUT2D eigenvalue weighted by molar-refractivity contribution is -0.231. The van der Waals surface area contributed by atoms with Gasteiger partial charge in [0.25, 0.3) is 0 Å². The van der Waals surface area contributed by atoms with Crippen molar-refractivity contribution < 1.29 is 69.4 Å². The van der Waals surface area contributed by atoms with Crippen molar-refractivity contribution in [1.29, 1.82) is 0 Å². The predicted octanol–water partition coefficient (Wildman–Crippen LogP) is 1.08. The standard InChI is InChI=1S/C29H26O15/c1-41-28-23(37)20-15(32)5-11(8-18(20)43-27(28)10-2-3-13(30)14(31)4-10)26-25(39)24(38)22(36)19(44-26)9-42-29(40)12-6-16(33)21(35)17(34)7-12/h2-8,19,22,24-26,30-36,38-39H,9H2,1H3. The summed E-state index contributed by atoms with van der Waals surface area (Å²) in [5.41, 5.74) is -1.27. The monoisotopic (exact) mass is 614 g/mol. The number of carbonyl (C=O) groups excluding carboxylic acids is 1. The fraction of sp³-hybridized carbons (Fsp3) is 0.241. The normalized spacial score (nSPS) is 21.7. The van der Waals surface area contributed by atoms with Gasteiger partial charge in [-0.05, 0) is 48.0 Å². The van der Waals surface area contributed by atoms with Gasteiger partial charge in [0.2, 0.25) is 11.2 Å². The van der Waals surface area contributed by atoms with Crippen LogP contribution in [0.15, 0.2) is 51.7 Å².